The van der Waals surface area contributed by atoms with Crippen molar-refractivity contribution in [3.8, 4) is 0 Å². The van der Waals surface area contributed by atoms with Gasteiger partial charge >= 0.3 is 0 Å². The van der Waals surface area contributed by atoms with E-state index >= 15 is 0 Å². The summed E-state index contributed by atoms with van der Waals surface area (Å²) in [5.41, 5.74) is 3.02. The minimum atomic E-state index is 0.633. The second-order valence-electron chi connectivity index (χ2n) is 4.44. The summed E-state index contributed by atoms with van der Waals surface area (Å²) in [5, 5.41) is 0. The fourth-order valence-corrected chi connectivity index (χ4v) is 2.86. The molecule has 2 aliphatic carbocycles. The van der Waals surface area contributed by atoms with Crippen molar-refractivity contribution >= 4 is 0 Å². The molecule has 15 heavy (non-hydrogen) atoms. The Morgan fingerprint density at radius 2 is 2.27 bits per heavy atom. The van der Waals surface area contributed by atoms with E-state index < -0.39 is 0 Å². The molecule has 0 spiro atoms. The maximum atomic E-state index is 4.22. The van der Waals surface area contributed by atoms with E-state index in [2.05, 4.69) is 29.3 Å². The third-order valence-electron chi connectivity index (χ3n) is 3.61. The predicted octanol–water partition coefficient (Wildman–Crippen LogP) is 3.46. The van der Waals surface area contributed by atoms with Crippen LogP contribution in [0.15, 0.2) is 48.3 Å². The SMILES string of the molecule is C1=CCC2CCC(c3cccnc3)C2=C1. The topological polar surface area (TPSA) is 12.9 Å². The van der Waals surface area contributed by atoms with Crippen molar-refractivity contribution in [1.29, 1.82) is 0 Å². The molecule has 2 atom stereocenters. The molecule has 1 aromatic rings. The molecule has 0 radical (unpaired) electrons. The number of pyridine rings is 1. The van der Waals surface area contributed by atoms with Gasteiger partial charge < -0.3 is 0 Å². The Morgan fingerprint density at radius 3 is 3.13 bits per heavy atom. The van der Waals surface area contributed by atoms with Crippen LogP contribution in [0.5, 0.6) is 0 Å². The summed E-state index contributed by atoms with van der Waals surface area (Å²) >= 11 is 0. The maximum Gasteiger partial charge on any atom is 0.0305 e. The highest BCUT2D eigenvalue weighted by Gasteiger charge is 2.31. The minimum Gasteiger partial charge on any atom is -0.264 e. The Labute approximate surface area is 90.5 Å². The van der Waals surface area contributed by atoms with Gasteiger partial charge in [0.15, 0.2) is 0 Å². The molecule has 0 aliphatic heterocycles. The number of hydrogen-bond donors (Lipinski definition) is 0. The highest BCUT2D eigenvalue weighted by Crippen LogP contribution is 2.45. The Balaban J connectivity index is 1.95. The van der Waals surface area contributed by atoms with Crippen LogP contribution in [-0.2, 0) is 0 Å². The van der Waals surface area contributed by atoms with Crippen molar-refractivity contribution < 1.29 is 0 Å². The Morgan fingerprint density at radius 1 is 1.27 bits per heavy atom. The number of nitrogens with zero attached hydrogens (tertiary/aromatic N) is 1. The summed E-state index contributed by atoms with van der Waals surface area (Å²) in [5.74, 6) is 1.44. The zero-order valence-electron chi connectivity index (χ0n) is 8.76. The molecule has 1 heterocycles. The zero-order chi connectivity index (χ0) is 10.1. The van der Waals surface area contributed by atoms with Crippen molar-refractivity contribution in [2.45, 2.75) is 25.2 Å². The standard InChI is InChI=1S/C14H15N/c1-2-6-13-11(4-1)7-8-14(13)12-5-3-9-15-10-12/h1-3,5-6,9-11,14H,4,7-8H2. The van der Waals surface area contributed by atoms with E-state index in [0.717, 1.165) is 5.92 Å². The summed E-state index contributed by atoms with van der Waals surface area (Å²) in [6.45, 7) is 0. The van der Waals surface area contributed by atoms with E-state index in [1.54, 1.807) is 5.57 Å². The fraction of sp³-hybridized carbons (Fsp3) is 0.357. The molecular weight excluding hydrogens is 182 g/mol. The second-order valence-corrected chi connectivity index (χ2v) is 4.44. The molecule has 1 heteroatoms. The minimum absolute atomic E-state index is 0.633. The summed E-state index contributed by atoms with van der Waals surface area (Å²) < 4.78 is 0. The van der Waals surface area contributed by atoms with Crippen LogP contribution in [0.25, 0.3) is 0 Å². The molecule has 1 aromatic heterocycles. The molecule has 3 rings (SSSR count). The first-order valence-electron chi connectivity index (χ1n) is 5.71. The molecule has 0 amide bonds. The largest absolute Gasteiger partial charge is 0.264 e. The van der Waals surface area contributed by atoms with Crippen LogP contribution < -0.4 is 0 Å². The van der Waals surface area contributed by atoms with E-state index in [-0.39, 0.29) is 0 Å². The lowest BCUT2D eigenvalue weighted by Crippen LogP contribution is -2.03. The number of rotatable bonds is 1. The van der Waals surface area contributed by atoms with Gasteiger partial charge in [-0.05, 0) is 36.8 Å². The van der Waals surface area contributed by atoms with Crippen LogP contribution in [0.4, 0.5) is 0 Å². The predicted molar refractivity (Wildman–Crippen MR) is 61.5 cm³/mol. The number of aromatic nitrogens is 1. The normalized spacial score (nSPS) is 28.7. The van der Waals surface area contributed by atoms with Gasteiger partial charge in [-0.3, -0.25) is 4.98 Å². The van der Waals surface area contributed by atoms with Gasteiger partial charge in [0.1, 0.15) is 0 Å². The molecule has 0 N–H and O–H groups in total. The lowest BCUT2D eigenvalue weighted by molar-refractivity contribution is 0.632. The molecule has 1 saturated carbocycles. The van der Waals surface area contributed by atoms with Gasteiger partial charge in [-0.25, -0.2) is 0 Å². The molecule has 2 unspecified atom stereocenters. The van der Waals surface area contributed by atoms with Crippen LogP contribution in [0, 0.1) is 5.92 Å². The maximum absolute atomic E-state index is 4.22. The summed E-state index contributed by atoms with van der Waals surface area (Å²) in [6.07, 6.45) is 14.6. The third kappa shape index (κ3) is 1.52. The lowest BCUT2D eigenvalue weighted by Gasteiger charge is -2.17. The Bertz CT molecular complexity index is 403. The van der Waals surface area contributed by atoms with Gasteiger partial charge in [-0.15, -0.1) is 0 Å². The first-order valence-corrected chi connectivity index (χ1v) is 5.71. The van der Waals surface area contributed by atoms with E-state index in [0.29, 0.717) is 5.92 Å². The average Bonchev–Trinajstić information content (AvgIpc) is 2.74. The monoisotopic (exact) mass is 197 g/mol. The van der Waals surface area contributed by atoms with Crippen LogP contribution in [0.1, 0.15) is 30.7 Å². The molecule has 1 fully saturated rings. The highest BCUT2D eigenvalue weighted by molar-refractivity contribution is 5.35. The van der Waals surface area contributed by atoms with Crippen LogP contribution in [0.2, 0.25) is 0 Å². The molecular formula is C14H15N. The van der Waals surface area contributed by atoms with Gasteiger partial charge in [-0.1, -0.05) is 29.9 Å². The van der Waals surface area contributed by atoms with Gasteiger partial charge in [0.05, 0.1) is 0 Å². The van der Waals surface area contributed by atoms with Gasteiger partial charge in [0.2, 0.25) is 0 Å². The molecule has 76 valence electrons. The number of hydrogen-bond acceptors (Lipinski definition) is 1. The second kappa shape index (κ2) is 3.65. The number of fused-ring (bicyclic) bond motifs is 1. The van der Waals surface area contributed by atoms with Crippen LogP contribution in [0.3, 0.4) is 0 Å². The van der Waals surface area contributed by atoms with E-state index in [4.69, 9.17) is 0 Å². The number of allylic oxidation sites excluding steroid dienone is 4. The van der Waals surface area contributed by atoms with E-state index in [1.807, 2.05) is 18.5 Å². The molecule has 0 saturated heterocycles. The quantitative estimate of drug-likeness (QED) is 0.671. The third-order valence-corrected chi connectivity index (χ3v) is 3.61. The molecule has 1 nitrogen and oxygen atoms in total. The fourth-order valence-electron chi connectivity index (χ4n) is 2.86. The van der Waals surface area contributed by atoms with Crippen molar-refractivity contribution in [3.05, 3.63) is 53.9 Å². The van der Waals surface area contributed by atoms with Crippen LogP contribution in [-0.4, -0.2) is 4.98 Å². The van der Waals surface area contributed by atoms with Crippen molar-refractivity contribution in [3.63, 3.8) is 0 Å². The van der Waals surface area contributed by atoms with Gasteiger partial charge in [0, 0.05) is 18.3 Å². The Hall–Kier alpha value is -1.37. The summed E-state index contributed by atoms with van der Waals surface area (Å²) in [4.78, 5) is 4.22. The summed E-state index contributed by atoms with van der Waals surface area (Å²) in [6, 6.07) is 4.25. The van der Waals surface area contributed by atoms with Crippen molar-refractivity contribution in [2.75, 3.05) is 0 Å². The van der Waals surface area contributed by atoms with E-state index in [9.17, 15) is 0 Å². The van der Waals surface area contributed by atoms with E-state index in [1.165, 1.54) is 24.8 Å². The smallest absolute Gasteiger partial charge is 0.0305 e. The van der Waals surface area contributed by atoms with Crippen LogP contribution >= 0.6 is 0 Å². The van der Waals surface area contributed by atoms with Gasteiger partial charge in [0.25, 0.3) is 0 Å². The van der Waals surface area contributed by atoms with Crippen molar-refractivity contribution in [1.82, 2.24) is 4.98 Å². The Kier molecular flexibility index (Phi) is 2.17. The first kappa shape index (κ1) is 8.90. The molecule has 2 aliphatic rings. The summed E-state index contributed by atoms with van der Waals surface area (Å²) in [7, 11) is 0. The van der Waals surface area contributed by atoms with Gasteiger partial charge in [-0.2, -0.15) is 0 Å². The highest BCUT2D eigenvalue weighted by atomic mass is 14.6. The van der Waals surface area contributed by atoms with Crippen molar-refractivity contribution in [2.24, 2.45) is 5.92 Å². The lowest BCUT2D eigenvalue weighted by atomic mass is 9.87. The first-order chi connectivity index (χ1) is 7.45. The average molecular weight is 197 g/mol. The molecule has 0 bridgehead atoms. The zero-order valence-corrected chi connectivity index (χ0v) is 8.76. The molecule has 0 aromatic carbocycles.